The van der Waals surface area contributed by atoms with E-state index in [9.17, 15) is 0 Å². The van der Waals surface area contributed by atoms with Crippen LogP contribution in [0.2, 0.25) is 0 Å². The molecule has 4 rings (SSSR count). The summed E-state index contributed by atoms with van der Waals surface area (Å²) >= 11 is 0. The van der Waals surface area contributed by atoms with Crippen LogP contribution in [0.3, 0.4) is 0 Å². The zero-order valence-corrected chi connectivity index (χ0v) is 14.9. The van der Waals surface area contributed by atoms with Crippen molar-refractivity contribution < 1.29 is 0 Å². The van der Waals surface area contributed by atoms with Crippen molar-refractivity contribution in [2.75, 3.05) is 0 Å². The standard InChI is InChI=1S/C17H14N2.Pb/c1-3-7-16-12(5-1)9-14(18-16)11-15-10-13-6-2-4-8-17(13)19-15;/h1-10,18-19H,11H2;. The maximum Gasteiger partial charge on any atom is 0.0456 e. The quantitative estimate of drug-likeness (QED) is 0.432. The predicted octanol–water partition coefficient (Wildman–Crippen LogP) is 3.86. The Morgan fingerprint density at radius 1 is 0.650 bits per heavy atom. The number of hydrogen-bond donors (Lipinski definition) is 2. The van der Waals surface area contributed by atoms with Gasteiger partial charge >= 0.3 is 0 Å². The largest absolute Gasteiger partial charge is 0.358 e. The zero-order chi connectivity index (χ0) is 12.7. The monoisotopic (exact) mass is 454 g/mol. The van der Waals surface area contributed by atoms with E-state index >= 15 is 0 Å². The van der Waals surface area contributed by atoms with Crippen LogP contribution in [0.15, 0.2) is 60.7 Å². The third-order valence-electron chi connectivity index (χ3n) is 3.55. The van der Waals surface area contributed by atoms with Crippen LogP contribution in [0.5, 0.6) is 0 Å². The van der Waals surface area contributed by atoms with Crippen molar-refractivity contribution in [1.29, 1.82) is 0 Å². The molecule has 2 aromatic carbocycles. The van der Waals surface area contributed by atoms with Crippen molar-refractivity contribution in [1.82, 2.24) is 9.97 Å². The van der Waals surface area contributed by atoms with Crippen molar-refractivity contribution in [2.24, 2.45) is 0 Å². The summed E-state index contributed by atoms with van der Waals surface area (Å²) in [6.45, 7) is 0. The summed E-state index contributed by atoms with van der Waals surface area (Å²) in [5.74, 6) is 0. The molecule has 0 aliphatic rings. The number of nitrogens with one attached hydrogen (secondary N) is 2. The van der Waals surface area contributed by atoms with E-state index < -0.39 is 0 Å². The molecule has 0 fully saturated rings. The van der Waals surface area contributed by atoms with Crippen LogP contribution in [-0.4, -0.2) is 37.3 Å². The van der Waals surface area contributed by atoms with E-state index in [0.717, 1.165) is 6.42 Å². The Balaban J connectivity index is 0.00000121. The molecule has 4 radical (unpaired) electrons. The van der Waals surface area contributed by atoms with Gasteiger partial charge in [0.15, 0.2) is 0 Å². The molecular weight excluding hydrogens is 439 g/mol. The van der Waals surface area contributed by atoms with Gasteiger partial charge in [0.2, 0.25) is 0 Å². The molecule has 2 N–H and O–H groups in total. The fourth-order valence-electron chi connectivity index (χ4n) is 2.66. The van der Waals surface area contributed by atoms with Crippen molar-refractivity contribution in [3.8, 4) is 0 Å². The molecule has 0 spiro atoms. The Labute approximate surface area is 137 Å². The van der Waals surface area contributed by atoms with Gasteiger partial charge < -0.3 is 9.97 Å². The minimum atomic E-state index is 0. The van der Waals surface area contributed by atoms with Crippen LogP contribution in [0.1, 0.15) is 11.4 Å². The maximum absolute atomic E-state index is 3.47. The van der Waals surface area contributed by atoms with Gasteiger partial charge in [-0.3, -0.25) is 0 Å². The molecule has 2 heterocycles. The van der Waals surface area contributed by atoms with Crippen LogP contribution in [-0.2, 0) is 6.42 Å². The molecule has 0 amide bonds. The first-order valence-electron chi connectivity index (χ1n) is 6.52. The normalized spacial score (nSPS) is 10.8. The Kier molecular flexibility index (Phi) is 3.65. The molecule has 0 saturated heterocycles. The fraction of sp³-hybridized carbons (Fsp3) is 0.0588. The summed E-state index contributed by atoms with van der Waals surface area (Å²) in [7, 11) is 0. The Bertz CT molecular complexity index is 719. The molecule has 0 aliphatic heterocycles. The second-order valence-electron chi connectivity index (χ2n) is 4.94. The van der Waals surface area contributed by atoms with Crippen molar-refractivity contribution in [2.45, 2.75) is 6.42 Å². The molecule has 0 bridgehead atoms. The molecule has 3 heteroatoms. The fourth-order valence-corrected chi connectivity index (χ4v) is 2.66. The van der Waals surface area contributed by atoms with E-state index in [2.05, 4.69) is 70.6 Å². The summed E-state index contributed by atoms with van der Waals surface area (Å²) in [6.07, 6.45) is 0.906. The van der Waals surface area contributed by atoms with Gasteiger partial charge in [-0.15, -0.1) is 0 Å². The second-order valence-corrected chi connectivity index (χ2v) is 4.94. The SMILES string of the molecule is [Pb].c1ccc2[nH]c(Cc3cc4ccccc4[nH]3)cc2c1. The first-order chi connectivity index (χ1) is 9.38. The molecule has 4 aromatic rings. The minimum Gasteiger partial charge on any atom is -0.358 e. The Morgan fingerprint density at radius 2 is 1.10 bits per heavy atom. The molecular formula is C17H14N2Pb. The van der Waals surface area contributed by atoms with Gasteiger partial charge in [-0.2, -0.15) is 0 Å². The van der Waals surface area contributed by atoms with E-state index in [0.29, 0.717) is 0 Å². The number of H-pyrrole nitrogens is 2. The van der Waals surface area contributed by atoms with Crippen molar-refractivity contribution in [3.63, 3.8) is 0 Å². The Morgan fingerprint density at radius 3 is 1.55 bits per heavy atom. The average molecular weight is 454 g/mol. The van der Waals surface area contributed by atoms with Gasteiger partial charge in [0, 0.05) is 56.1 Å². The number of aromatic nitrogens is 2. The molecule has 0 unspecified atom stereocenters. The molecule has 20 heavy (non-hydrogen) atoms. The topological polar surface area (TPSA) is 31.6 Å². The molecule has 0 aliphatic carbocycles. The van der Waals surface area contributed by atoms with E-state index in [1.165, 1.54) is 33.2 Å². The average Bonchev–Trinajstić information content (AvgIpc) is 3.00. The van der Waals surface area contributed by atoms with Crippen LogP contribution >= 0.6 is 0 Å². The molecule has 2 nitrogen and oxygen atoms in total. The van der Waals surface area contributed by atoms with Crippen molar-refractivity contribution in [3.05, 3.63) is 72.1 Å². The second kappa shape index (κ2) is 5.44. The number of benzene rings is 2. The van der Waals surface area contributed by atoms with Gasteiger partial charge in [-0.05, 0) is 35.0 Å². The van der Waals surface area contributed by atoms with Crippen LogP contribution < -0.4 is 0 Å². The van der Waals surface area contributed by atoms with Gasteiger partial charge in [-0.1, -0.05) is 36.4 Å². The number of rotatable bonds is 2. The van der Waals surface area contributed by atoms with Crippen LogP contribution in [0.4, 0.5) is 0 Å². The van der Waals surface area contributed by atoms with E-state index in [1.807, 2.05) is 0 Å². The van der Waals surface area contributed by atoms with E-state index in [1.54, 1.807) is 0 Å². The summed E-state index contributed by atoms with van der Waals surface area (Å²) in [5.41, 5.74) is 4.89. The summed E-state index contributed by atoms with van der Waals surface area (Å²) in [4.78, 5) is 6.94. The Hall–Kier alpha value is -1.56. The number of aromatic amines is 2. The third kappa shape index (κ3) is 2.40. The minimum absolute atomic E-state index is 0. The molecule has 96 valence electrons. The smallest absolute Gasteiger partial charge is 0.0456 e. The first kappa shape index (κ1) is 13.4. The van der Waals surface area contributed by atoms with Crippen LogP contribution in [0.25, 0.3) is 21.8 Å². The summed E-state index contributed by atoms with van der Waals surface area (Å²) in [5, 5.41) is 2.54. The maximum atomic E-state index is 3.47. The van der Waals surface area contributed by atoms with E-state index in [-0.39, 0.29) is 27.3 Å². The van der Waals surface area contributed by atoms with E-state index in [4.69, 9.17) is 0 Å². The summed E-state index contributed by atoms with van der Waals surface area (Å²) in [6, 6.07) is 21.2. The molecule has 2 aromatic heterocycles. The summed E-state index contributed by atoms with van der Waals surface area (Å²) < 4.78 is 0. The zero-order valence-electron chi connectivity index (χ0n) is 11.0. The predicted molar refractivity (Wildman–Crippen MR) is 85.2 cm³/mol. The van der Waals surface area contributed by atoms with Gasteiger partial charge in [-0.25, -0.2) is 0 Å². The first-order valence-corrected chi connectivity index (χ1v) is 6.52. The number of para-hydroxylation sites is 2. The molecule has 0 atom stereocenters. The molecule has 0 saturated carbocycles. The van der Waals surface area contributed by atoms with Gasteiger partial charge in [0.25, 0.3) is 0 Å². The van der Waals surface area contributed by atoms with Gasteiger partial charge in [0.1, 0.15) is 0 Å². The van der Waals surface area contributed by atoms with Gasteiger partial charge in [0.05, 0.1) is 0 Å². The third-order valence-corrected chi connectivity index (χ3v) is 3.55. The number of fused-ring (bicyclic) bond motifs is 2. The van der Waals surface area contributed by atoms with Crippen LogP contribution in [0, 0.1) is 0 Å². The van der Waals surface area contributed by atoms with Crippen molar-refractivity contribution >= 4 is 49.1 Å². The number of hydrogen-bond acceptors (Lipinski definition) is 0.